The van der Waals surface area contributed by atoms with Gasteiger partial charge in [0.25, 0.3) is 5.56 Å². The lowest BCUT2D eigenvalue weighted by Gasteiger charge is -2.31. The maximum absolute atomic E-state index is 13.0. The van der Waals surface area contributed by atoms with E-state index in [9.17, 15) is 14.7 Å². The number of rotatable bonds is 1. The number of cyclic esters (lactones) is 1. The summed E-state index contributed by atoms with van der Waals surface area (Å²) in [5.74, 6) is -0.707. The van der Waals surface area contributed by atoms with Gasteiger partial charge in [-0.2, -0.15) is 0 Å². The fraction of sp³-hybridized carbons (Fsp3) is 0.348. The summed E-state index contributed by atoms with van der Waals surface area (Å²) in [5.41, 5.74) is 1.81. The lowest BCUT2D eigenvalue weighted by Crippen LogP contribution is -2.44. The normalized spacial score (nSPS) is 17.8. The first-order valence-corrected chi connectivity index (χ1v) is 9.81. The van der Waals surface area contributed by atoms with E-state index in [-0.39, 0.29) is 43.3 Å². The van der Waals surface area contributed by atoms with Gasteiger partial charge in [-0.05, 0) is 24.6 Å². The molecule has 3 aromatic rings. The van der Waals surface area contributed by atoms with E-state index in [1.165, 1.54) is 0 Å². The monoisotopic (exact) mass is 444 g/mol. The molecular weight excluding hydrogens is 410 g/mol. The minimum absolute atomic E-state index is 0. The number of carbonyl (C=O) groups excluding carboxylic acids is 1. The largest absolute Gasteiger partial charge is 0.458 e. The molecule has 2 aromatic heterocycles. The highest BCUT2D eigenvalue weighted by Gasteiger charge is 2.45. The van der Waals surface area contributed by atoms with Crippen LogP contribution in [-0.2, 0) is 28.3 Å². The van der Waals surface area contributed by atoms with Crippen molar-refractivity contribution >= 4 is 34.5 Å². The molecule has 3 radical (unpaired) electrons. The third-order valence-corrected chi connectivity index (χ3v) is 5.42. The van der Waals surface area contributed by atoms with Crippen molar-refractivity contribution in [3.05, 3.63) is 63.4 Å². The van der Waals surface area contributed by atoms with Crippen LogP contribution in [0.1, 0.15) is 47.7 Å². The number of esters is 1. The number of carbonyl (C=O) groups is 1. The van der Waals surface area contributed by atoms with E-state index in [0.717, 1.165) is 22.2 Å². The van der Waals surface area contributed by atoms with Gasteiger partial charge in [-0.15, -0.1) is 9.24 Å². The summed E-state index contributed by atoms with van der Waals surface area (Å²) in [5, 5.41) is 11.8. The summed E-state index contributed by atoms with van der Waals surface area (Å²) in [7, 11) is 2.25. The van der Waals surface area contributed by atoms with Crippen LogP contribution < -0.4 is 5.56 Å². The van der Waals surface area contributed by atoms with Crippen molar-refractivity contribution in [3.63, 3.8) is 0 Å². The average molecular weight is 444 g/mol. The summed E-state index contributed by atoms with van der Waals surface area (Å²) < 4.78 is 12.9. The second kappa shape index (κ2) is 9.76. The van der Waals surface area contributed by atoms with Gasteiger partial charge in [-0.25, -0.2) is 9.78 Å². The van der Waals surface area contributed by atoms with Crippen LogP contribution in [0.2, 0.25) is 0 Å². The van der Waals surface area contributed by atoms with Crippen molar-refractivity contribution in [3.8, 4) is 11.4 Å². The number of ether oxygens (including phenoxy) is 1. The van der Waals surface area contributed by atoms with Crippen LogP contribution in [0.15, 0.2) is 41.2 Å². The van der Waals surface area contributed by atoms with E-state index in [0.29, 0.717) is 30.0 Å². The highest BCUT2D eigenvalue weighted by atomic mass is 31.0. The van der Waals surface area contributed by atoms with Crippen LogP contribution >= 0.6 is 9.24 Å². The molecule has 6 nitrogen and oxygen atoms in total. The van der Waals surface area contributed by atoms with Crippen LogP contribution in [-0.4, -0.2) is 35.7 Å². The summed E-state index contributed by atoms with van der Waals surface area (Å²) in [6, 6.07) is 11.6. The molecule has 0 saturated carbocycles. The van der Waals surface area contributed by atoms with Crippen molar-refractivity contribution in [2.24, 2.45) is 0 Å². The molecule has 5 rings (SSSR count). The number of fused-ring (bicyclic) bond motifs is 5. The average Bonchev–Trinajstić information content (AvgIpc) is 3.08. The molecule has 2 atom stereocenters. The number of hydrogen-bond acceptors (Lipinski definition) is 5. The number of para-hydroxylation sites is 1. The number of pyridine rings is 2. The van der Waals surface area contributed by atoms with Gasteiger partial charge in [0.05, 0.1) is 29.0 Å². The Morgan fingerprint density at radius 3 is 2.68 bits per heavy atom. The van der Waals surface area contributed by atoms with E-state index < -0.39 is 11.6 Å². The third kappa shape index (κ3) is 3.81. The maximum Gasteiger partial charge on any atom is 0.343 e. The molecule has 0 amide bonds. The quantitative estimate of drug-likeness (QED) is 0.275. The number of aliphatic hydroxyl groups is 1. The van der Waals surface area contributed by atoms with Crippen molar-refractivity contribution < 1.29 is 17.4 Å². The second-order valence-electron chi connectivity index (χ2n) is 6.79. The van der Waals surface area contributed by atoms with Gasteiger partial charge in [-0.3, -0.25) is 4.79 Å². The number of benzene rings is 1. The summed E-state index contributed by atoms with van der Waals surface area (Å²) >= 11 is 0. The van der Waals surface area contributed by atoms with Crippen molar-refractivity contribution in [2.75, 3.05) is 6.64 Å². The summed E-state index contributed by atoms with van der Waals surface area (Å²) in [6.45, 7) is 2.43. The molecule has 8 heteroatoms. The van der Waals surface area contributed by atoms with Gasteiger partial charge < -0.3 is 14.4 Å². The van der Waals surface area contributed by atoms with Gasteiger partial charge in [0.2, 0.25) is 0 Å². The molecule has 0 spiro atoms. The molecule has 1 N–H and O–H groups in total. The molecule has 0 aliphatic carbocycles. The highest BCUT2D eigenvalue weighted by molar-refractivity contribution is 7.15. The Morgan fingerprint density at radius 1 is 1.32 bits per heavy atom. The lowest BCUT2D eigenvalue weighted by molar-refractivity contribution is -0.172. The van der Waals surface area contributed by atoms with Crippen molar-refractivity contribution in [2.45, 2.75) is 47.0 Å². The standard InChI is InChI=1S/C20H16N2O4.CH5P.2CH4.B.H2/c1-2-20(25)14-8-16-17-12(7-11-5-3-4-6-15(11)21-17)9-22(16)18(23)13(14)10-26-19(20)24;1-2;;;;/h3-8,25H,2,9-10H2,1H3;2H2,1H3;2*1H4;;1H/i;1T;;;;1+1. The fourth-order valence-corrected chi connectivity index (χ4v) is 3.93. The van der Waals surface area contributed by atoms with Gasteiger partial charge >= 0.3 is 5.97 Å². The Kier molecular flexibility index (Phi) is 7.80. The van der Waals surface area contributed by atoms with Gasteiger partial charge in [0.1, 0.15) is 6.61 Å². The lowest BCUT2D eigenvalue weighted by atomic mass is 9.86. The third-order valence-electron chi connectivity index (χ3n) is 5.42. The smallest absolute Gasteiger partial charge is 0.343 e. The molecule has 2 unspecified atom stereocenters. The predicted octanol–water partition coefficient (Wildman–Crippen LogP) is 3.71. The Hall–Kier alpha value is -2.50. The summed E-state index contributed by atoms with van der Waals surface area (Å²) in [6.07, 6.45) is 0.139. The molecule has 0 fully saturated rings. The molecule has 2 aliphatic rings. The molecule has 0 saturated heterocycles. The number of aromatic nitrogens is 2. The van der Waals surface area contributed by atoms with Crippen LogP contribution in [0.25, 0.3) is 22.3 Å². The first-order valence-electron chi connectivity index (χ1n) is 9.70. The zero-order valence-electron chi connectivity index (χ0n) is 17.0. The zero-order chi connectivity index (χ0) is 20.8. The Bertz CT molecular complexity index is 1210. The molecule has 165 valence electrons. The molecule has 4 heterocycles. The van der Waals surface area contributed by atoms with Gasteiger partial charge in [0, 0.05) is 27.7 Å². The second-order valence-corrected chi connectivity index (χ2v) is 6.79. The Labute approximate surface area is 190 Å². The zero-order valence-corrected chi connectivity index (χ0v) is 17.2. The van der Waals surface area contributed by atoms with E-state index in [1.54, 1.807) is 17.6 Å². The van der Waals surface area contributed by atoms with Crippen LogP contribution in [0, 0.1) is 0 Å². The van der Waals surface area contributed by atoms with Crippen molar-refractivity contribution in [1.29, 1.82) is 0 Å². The minimum Gasteiger partial charge on any atom is -0.458 e. The molecule has 0 bridgehead atoms. The van der Waals surface area contributed by atoms with E-state index in [4.69, 9.17) is 11.1 Å². The first-order chi connectivity index (χ1) is 13.9. The van der Waals surface area contributed by atoms with E-state index in [2.05, 4.69) is 9.24 Å². The van der Waals surface area contributed by atoms with Gasteiger partial charge in [-0.1, -0.05) is 46.6 Å². The SMILES string of the molecule is C.C.CCC1(O)C(=O)OCc2c1cc1n(c2=O)Cc2cc3ccccc3nc2-1.[2HH].[3H]CP.[B]. The molecule has 2 aliphatic heterocycles. The number of hydrogen-bond donors (Lipinski definition) is 1. The van der Waals surface area contributed by atoms with Crippen molar-refractivity contribution in [1.82, 2.24) is 9.55 Å². The maximum atomic E-state index is 13.0. The minimum atomic E-state index is -1.79. The predicted molar refractivity (Wildman–Crippen MR) is 131 cm³/mol. The topological polar surface area (TPSA) is 81.4 Å². The molecule has 1 aromatic carbocycles. The van der Waals surface area contributed by atoms with Crippen LogP contribution in [0.4, 0.5) is 0 Å². The Balaban J connectivity index is 0.00000139. The molecule has 31 heavy (non-hydrogen) atoms. The summed E-state index contributed by atoms with van der Waals surface area (Å²) in [4.78, 5) is 29.9. The Morgan fingerprint density at radius 2 is 2.00 bits per heavy atom. The van der Waals surface area contributed by atoms with Gasteiger partial charge in [0.15, 0.2) is 5.60 Å². The fourth-order valence-electron chi connectivity index (χ4n) is 3.93. The van der Waals surface area contributed by atoms with E-state index >= 15 is 0 Å². The van der Waals surface area contributed by atoms with Crippen LogP contribution in [0.5, 0.6) is 0 Å². The highest BCUT2D eigenvalue weighted by Crippen LogP contribution is 2.38. The van der Waals surface area contributed by atoms with Crippen LogP contribution in [0.3, 0.4) is 0 Å². The molecular formula is C23H31BN2O4P. The number of nitrogens with zero attached hydrogens (tertiary/aromatic N) is 2. The first kappa shape index (κ1) is 24.8. The van der Waals surface area contributed by atoms with E-state index in [1.807, 2.05) is 30.3 Å².